The van der Waals surface area contributed by atoms with E-state index in [0.717, 1.165) is 31.2 Å². The average molecular weight is 315 g/mol. The predicted octanol–water partition coefficient (Wildman–Crippen LogP) is 3.23. The standard InChI is InChI=1S/C18H29N5/c1-4-18-20-14(2)17(21-18)13-23-10-6-5-7-16(23)8-11-22-12-9-19-15(22)3/h9,12,16H,4-8,10-11,13H2,1-3H3,(H,20,21). The fraction of sp³-hybridized carbons (Fsp3) is 0.667. The van der Waals surface area contributed by atoms with Crippen molar-refractivity contribution < 1.29 is 0 Å². The lowest BCUT2D eigenvalue weighted by molar-refractivity contribution is 0.126. The van der Waals surface area contributed by atoms with Crippen molar-refractivity contribution in [3.8, 4) is 0 Å². The maximum Gasteiger partial charge on any atom is 0.106 e. The molecule has 5 heteroatoms. The lowest BCUT2D eigenvalue weighted by atomic mass is 9.99. The Morgan fingerprint density at radius 3 is 2.87 bits per heavy atom. The number of aromatic amines is 1. The molecule has 0 aliphatic carbocycles. The summed E-state index contributed by atoms with van der Waals surface area (Å²) in [6.07, 6.45) is 10.1. The SMILES string of the molecule is CCc1nc(CN2CCCCC2CCn2ccnc2C)c(C)[nH]1. The van der Waals surface area contributed by atoms with Gasteiger partial charge in [0, 0.05) is 43.6 Å². The molecule has 3 rings (SSSR count). The van der Waals surface area contributed by atoms with Crippen molar-refractivity contribution in [2.45, 2.75) is 72.0 Å². The van der Waals surface area contributed by atoms with Crippen LogP contribution < -0.4 is 0 Å². The second kappa shape index (κ2) is 7.30. The minimum absolute atomic E-state index is 0.659. The summed E-state index contributed by atoms with van der Waals surface area (Å²) in [4.78, 5) is 15.1. The number of rotatable bonds is 6. The van der Waals surface area contributed by atoms with Crippen LogP contribution in [-0.4, -0.2) is 37.0 Å². The van der Waals surface area contributed by atoms with Crippen LogP contribution >= 0.6 is 0 Å². The monoisotopic (exact) mass is 315 g/mol. The van der Waals surface area contributed by atoms with Gasteiger partial charge in [-0.1, -0.05) is 13.3 Å². The summed E-state index contributed by atoms with van der Waals surface area (Å²) in [6.45, 7) is 9.62. The first-order chi connectivity index (χ1) is 11.2. The molecule has 0 spiro atoms. The molecule has 2 aromatic rings. The number of hydrogen-bond acceptors (Lipinski definition) is 3. The first-order valence-electron chi connectivity index (χ1n) is 8.93. The highest BCUT2D eigenvalue weighted by Gasteiger charge is 2.23. The number of piperidine rings is 1. The quantitative estimate of drug-likeness (QED) is 0.890. The Labute approximate surface area is 139 Å². The number of imidazole rings is 2. The molecule has 1 N–H and O–H groups in total. The third kappa shape index (κ3) is 3.83. The van der Waals surface area contributed by atoms with Crippen LogP contribution in [0.1, 0.15) is 55.6 Å². The van der Waals surface area contributed by atoms with Gasteiger partial charge in [-0.15, -0.1) is 0 Å². The predicted molar refractivity (Wildman–Crippen MR) is 92.3 cm³/mol. The first kappa shape index (κ1) is 16.2. The number of hydrogen-bond donors (Lipinski definition) is 1. The third-order valence-electron chi connectivity index (χ3n) is 5.10. The normalized spacial score (nSPS) is 19.3. The van der Waals surface area contributed by atoms with Crippen molar-refractivity contribution in [2.24, 2.45) is 0 Å². The molecule has 23 heavy (non-hydrogen) atoms. The molecule has 0 bridgehead atoms. The van der Waals surface area contributed by atoms with Crippen LogP contribution in [-0.2, 0) is 19.5 Å². The van der Waals surface area contributed by atoms with E-state index >= 15 is 0 Å². The molecule has 0 amide bonds. The van der Waals surface area contributed by atoms with Crippen LogP contribution in [0, 0.1) is 13.8 Å². The van der Waals surface area contributed by atoms with Crippen molar-refractivity contribution in [1.29, 1.82) is 0 Å². The van der Waals surface area contributed by atoms with E-state index in [1.54, 1.807) is 0 Å². The zero-order chi connectivity index (χ0) is 16.2. The van der Waals surface area contributed by atoms with Gasteiger partial charge in [-0.25, -0.2) is 9.97 Å². The minimum atomic E-state index is 0.659. The maximum atomic E-state index is 4.77. The van der Waals surface area contributed by atoms with Crippen LogP contribution in [0.2, 0.25) is 0 Å². The summed E-state index contributed by atoms with van der Waals surface area (Å²) < 4.78 is 2.27. The summed E-state index contributed by atoms with van der Waals surface area (Å²) in [5.74, 6) is 2.23. The Kier molecular flexibility index (Phi) is 5.16. The Hall–Kier alpha value is -1.62. The molecular weight excluding hydrogens is 286 g/mol. The van der Waals surface area contributed by atoms with Gasteiger partial charge >= 0.3 is 0 Å². The highest BCUT2D eigenvalue weighted by atomic mass is 15.2. The third-order valence-corrected chi connectivity index (χ3v) is 5.10. The second-order valence-electron chi connectivity index (χ2n) is 6.69. The molecule has 1 fully saturated rings. The van der Waals surface area contributed by atoms with Gasteiger partial charge in [-0.05, 0) is 39.7 Å². The van der Waals surface area contributed by atoms with E-state index < -0.39 is 0 Å². The van der Waals surface area contributed by atoms with Gasteiger partial charge in [-0.3, -0.25) is 4.90 Å². The highest BCUT2D eigenvalue weighted by molar-refractivity contribution is 5.13. The van der Waals surface area contributed by atoms with E-state index in [2.05, 4.69) is 46.4 Å². The van der Waals surface area contributed by atoms with Crippen molar-refractivity contribution in [2.75, 3.05) is 6.54 Å². The van der Waals surface area contributed by atoms with E-state index in [1.165, 1.54) is 43.6 Å². The van der Waals surface area contributed by atoms with E-state index in [9.17, 15) is 0 Å². The van der Waals surface area contributed by atoms with Crippen LogP contribution in [0.3, 0.4) is 0 Å². The molecule has 0 radical (unpaired) electrons. The molecule has 1 aliphatic heterocycles. The van der Waals surface area contributed by atoms with Gasteiger partial charge in [0.25, 0.3) is 0 Å². The Bertz CT molecular complexity index is 627. The Morgan fingerprint density at radius 2 is 2.17 bits per heavy atom. The van der Waals surface area contributed by atoms with Gasteiger partial charge in [0.2, 0.25) is 0 Å². The lowest BCUT2D eigenvalue weighted by Gasteiger charge is -2.35. The van der Waals surface area contributed by atoms with Crippen LogP contribution in [0.25, 0.3) is 0 Å². The molecule has 1 unspecified atom stereocenters. The fourth-order valence-corrected chi connectivity index (χ4v) is 3.60. The molecule has 0 aromatic carbocycles. The van der Waals surface area contributed by atoms with Gasteiger partial charge in [0.05, 0.1) is 5.69 Å². The smallest absolute Gasteiger partial charge is 0.106 e. The van der Waals surface area contributed by atoms with Gasteiger partial charge in [0.1, 0.15) is 11.6 Å². The van der Waals surface area contributed by atoms with Gasteiger partial charge in [0.15, 0.2) is 0 Å². The molecule has 3 heterocycles. The van der Waals surface area contributed by atoms with Gasteiger partial charge in [-0.2, -0.15) is 0 Å². The largest absolute Gasteiger partial charge is 0.346 e. The van der Waals surface area contributed by atoms with E-state index in [0.29, 0.717) is 6.04 Å². The number of likely N-dealkylation sites (tertiary alicyclic amines) is 1. The fourth-order valence-electron chi connectivity index (χ4n) is 3.60. The number of aryl methyl sites for hydroxylation is 4. The summed E-state index contributed by atoms with van der Waals surface area (Å²) in [6, 6.07) is 0.659. The van der Waals surface area contributed by atoms with Crippen molar-refractivity contribution in [3.05, 3.63) is 35.4 Å². The van der Waals surface area contributed by atoms with Gasteiger partial charge < -0.3 is 9.55 Å². The van der Waals surface area contributed by atoms with E-state index in [1.807, 2.05) is 6.20 Å². The Morgan fingerprint density at radius 1 is 1.30 bits per heavy atom. The number of nitrogens with zero attached hydrogens (tertiary/aromatic N) is 4. The number of aromatic nitrogens is 4. The summed E-state index contributed by atoms with van der Waals surface area (Å²) in [7, 11) is 0. The summed E-state index contributed by atoms with van der Waals surface area (Å²) in [5.41, 5.74) is 2.46. The zero-order valence-electron chi connectivity index (χ0n) is 14.7. The molecule has 126 valence electrons. The summed E-state index contributed by atoms with van der Waals surface area (Å²) in [5, 5.41) is 0. The van der Waals surface area contributed by atoms with E-state index in [-0.39, 0.29) is 0 Å². The lowest BCUT2D eigenvalue weighted by Crippen LogP contribution is -2.39. The van der Waals surface area contributed by atoms with Crippen LogP contribution in [0.5, 0.6) is 0 Å². The van der Waals surface area contributed by atoms with Crippen LogP contribution in [0.15, 0.2) is 12.4 Å². The summed E-state index contributed by atoms with van der Waals surface area (Å²) >= 11 is 0. The molecular formula is C18H29N5. The average Bonchev–Trinajstić information content (AvgIpc) is 3.12. The topological polar surface area (TPSA) is 49.7 Å². The minimum Gasteiger partial charge on any atom is -0.346 e. The van der Waals surface area contributed by atoms with Crippen molar-refractivity contribution in [3.63, 3.8) is 0 Å². The van der Waals surface area contributed by atoms with Crippen molar-refractivity contribution in [1.82, 2.24) is 24.4 Å². The zero-order valence-corrected chi connectivity index (χ0v) is 14.7. The molecule has 5 nitrogen and oxygen atoms in total. The number of H-pyrrole nitrogens is 1. The number of nitrogens with one attached hydrogen (secondary N) is 1. The molecule has 0 saturated carbocycles. The Balaban J connectivity index is 1.63. The first-order valence-corrected chi connectivity index (χ1v) is 8.93. The molecule has 1 atom stereocenters. The maximum absolute atomic E-state index is 4.77. The van der Waals surface area contributed by atoms with E-state index in [4.69, 9.17) is 4.98 Å². The molecule has 1 aliphatic rings. The highest BCUT2D eigenvalue weighted by Crippen LogP contribution is 2.23. The molecule has 1 saturated heterocycles. The van der Waals surface area contributed by atoms with Crippen molar-refractivity contribution >= 4 is 0 Å². The molecule has 2 aromatic heterocycles. The second-order valence-corrected chi connectivity index (χ2v) is 6.69. The van der Waals surface area contributed by atoms with Crippen LogP contribution in [0.4, 0.5) is 0 Å².